The van der Waals surface area contributed by atoms with E-state index in [0.29, 0.717) is 11.4 Å². The van der Waals surface area contributed by atoms with Gasteiger partial charge in [-0.25, -0.2) is 0 Å². The minimum atomic E-state index is -0.528. The quantitative estimate of drug-likeness (QED) is 0.330. The summed E-state index contributed by atoms with van der Waals surface area (Å²) in [4.78, 5) is 34.2. The van der Waals surface area contributed by atoms with Crippen molar-refractivity contribution in [3.8, 4) is 0 Å². The van der Waals surface area contributed by atoms with E-state index in [1.807, 2.05) is 31.2 Å². The van der Waals surface area contributed by atoms with E-state index in [9.17, 15) is 19.7 Å². The molecule has 0 saturated carbocycles. The first kappa shape index (κ1) is 19.5. The zero-order valence-electron chi connectivity index (χ0n) is 14.1. The van der Waals surface area contributed by atoms with Crippen LogP contribution in [0.4, 0.5) is 5.69 Å². The molecule has 0 unspecified atom stereocenters. The van der Waals surface area contributed by atoms with E-state index in [2.05, 4.69) is 5.32 Å². The van der Waals surface area contributed by atoms with Gasteiger partial charge in [0, 0.05) is 23.6 Å². The zero-order chi connectivity index (χ0) is 18.9. The Bertz CT molecular complexity index is 792. The molecule has 0 atom stereocenters. The molecule has 7 nitrogen and oxygen atoms in total. The summed E-state index contributed by atoms with van der Waals surface area (Å²) >= 11 is 1.18. The van der Waals surface area contributed by atoms with Crippen molar-refractivity contribution in [3.63, 3.8) is 0 Å². The van der Waals surface area contributed by atoms with Crippen LogP contribution < -0.4 is 5.32 Å². The summed E-state index contributed by atoms with van der Waals surface area (Å²) in [7, 11) is 0. The average molecular weight is 374 g/mol. The molecule has 26 heavy (non-hydrogen) atoms. The molecule has 0 bridgehead atoms. The van der Waals surface area contributed by atoms with Crippen LogP contribution in [0.25, 0.3) is 0 Å². The summed E-state index contributed by atoms with van der Waals surface area (Å²) < 4.78 is 4.93. The number of rotatable bonds is 8. The molecule has 8 heteroatoms. The molecule has 1 N–H and O–H groups in total. The molecule has 0 spiro atoms. The summed E-state index contributed by atoms with van der Waals surface area (Å²) in [6.07, 6.45) is 0. The summed E-state index contributed by atoms with van der Waals surface area (Å²) in [5.41, 5.74) is 2.06. The lowest BCUT2D eigenvalue weighted by atomic mass is 10.1. The number of nitro groups is 1. The van der Waals surface area contributed by atoms with Gasteiger partial charge in [-0.15, -0.1) is 11.8 Å². The van der Waals surface area contributed by atoms with Crippen LogP contribution in [0.2, 0.25) is 0 Å². The van der Waals surface area contributed by atoms with Gasteiger partial charge in [0.2, 0.25) is 0 Å². The number of non-ortho nitro benzene ring substituents is 1. The van der Waals surface area contributed by atoms with Gasteiger partial charge in [-0.3, -0.25) is 19.7 Å². The Kier molecular flexibility index (Phi) is 7.16. The van der Waals surface area contributed by atoms with Crippen molar-refractivity contribution in [2.45, 2.75) is 18.4 Å². The SMILES string of the molecule is Cc1ccccc1CNC(=O)COC(=O)CSc1ccc([N+](=O)[O-])cc1. The lowest BCUT2D eigenvalue weighted by molar-refractivity contribution is -0.384. The van der Waals surface area contributed by atoms with Crippen molar-refractivity contribution in [3.05, 3.63) is 69.8 Å². The molecule has 136 valence electrons. The van der Waals surface area contributed by atoms with Crippen LogP contribution in [0, 0.1) is 17.0 Å². The van der Waals surface area contributed by atoms with Crippen LogP contribution in [-0.2, 0) is 20.9 Å². The highest BCUT2D eigenvalue weighted by Crippen LogP contribution is 2.21. The number of nitrogens with one attached hydrogen (secondary N) is 1. The van der Waals surface area contributed by atoms with E-state index in [-0.39, 0.29) is 24.0 Å². The van der Waals surface area contributed by atoms with Gasteiger partial charge in [0.1, 0.15) is 0 Å². The second kappa shape index (κ2) is 9.57. The molecule has 0 saturated heterocycles. The van der Waals surface area contributed by atoms with Crippen LogP contribution in [0.3, 0.4) is 0 Å². The van der Waals surface area contributed by atoms with E-state index in [0.717, 1.165) is 11.1 Å². The Balaban J connectivity index is 1.68. The van der Waals surface area contributed by atoms with Gasteiger partial charge in [-0.2, -0.15) is 0 Å². The highest BCUT2D eigenvalue weighted by atomic mass is 32.2. The molecule has 2 aromatic rings. The third kappa shape index (κ3) is 6.21. The number of esters is 1. The topological polar surface area (TPSA) is 98.5 Å². The summed E-state index contributed by atoms with van der Waals surface area (Å²) in [5.74, 6) is -0.885. The molecule has 0 fully saturated rings. The van der Waals surface area contributed by atoms with Crippen molar-refractivity contribution in [2.75, 3.05) is 12.4 Å². The fraction of sp³-hybridized carbons (Fsp3) is 0.222. The second-order valence-corrected chi connectivity index (χ2v) is 6.45. The fourth-order valence-corrected chi connectivity index (χ4v) is 2.74. The molecule has 0 radical (unpaired) electrons. The number of hydrogen-bond donors (Lipinski definition) is 1. The van der Waals surface area contributed by atoms with E-state index < -0.39 is 10.9 Å². The van der Waals surface area contributed by atoms with Crippen molar-refractivity contribution >= 4 is 29.3 Å². The molecule has 1 amide bonds. The Morgan fingerprint density at radius 1 is 1.15 bits per heavy atom. The number of carbonyl (C=O) groups is 2. The number of nitro benzene ring substituents is 1. The van der Waals surface area contributed by atoms with Crippen molar-refractivity contribution in [1.29, 1.82) is 0 Å². The van der Waals surface area contributed by atoms with Gasteiger partial charge in [0.15, 0.2) is 6.61 Å². The number of benzene rings is 2. The molecule has 0 aliphatic rings. The predicted octanol–water partition coefficient (Wildman–Crippen LogP) is 2.85. The third-order valence-corrected chi connectivity index (χ3v) is 4.49. The van der Waals surface area contributed by atoms with Crippen LogP contribution in [0.5, 0.6) is 0 Å². The monoisotopic (exact) mass is 374 g/mol. The van der Waals surface area contributed by atoms with Crippen molar-refractivity contribution in [1.82, 2.24) is 5.32 Å². The highest BCUT2D eigenvalue weighted by molar-refractivity contribution is 8.00. The van der Waals surface area contributed by atoms with E-state index in [4.69, 9.17) is 4.74 Å². The number of thioether (sulfide) groups is 1. The Morgan fingerprint density at radius 2 is 1.85 bits per heavy atom. The normalized spacial score (nSPS) is 10.2. The van der Waals surface area contributed by atoms with Gasteiger partial charge >= 0.3 is 5.97 Å². The average Bonchev–Trinajstić information content (AvgIpc) is 2.64. The molecule has 0 aliphatic heterocycles. The number of nitrogens with zero attached hydrogens (tertiary/aromatic N) is 1. The molecule has 2 aromatic carbocycles. The summed E-state index contributed by atoms with van der Waals surface area (Å²) in [6, 6.07) is 13.5. The summed E-state index contributed by atoms with van der Waals surface area (Å²) in [6.45, 7) is 1.99. The molecule has 0 heterocycles. The van der Waals surface area contributed by atoms with Crippen LogP contribution in [-0.4, -0.2) is 29.2 Å². The molecular weight excluding hydrogens is 356 g/mol. The highest BCUT2D eigenvalue weighted by Gasteiger charge is 2.10. The van der Waals surface area contributed by atoms with Crippen molar-refractivity contribution in [2.24, 2.45) is 0 Å². The van der Waals surface area contributed by atoms with Gasteiger partial charge in [0.25, 0.3) is 11.6 Å². The largest absolute Gasteiger partial charge is 0.455 e. The number of aryl methyl sites for hydroxylation is 1. The number of carbonyl (C=O) groups excluding carboxylic acids is 2. The minimum Gasteiger partial charge on any atom is -0.455 e. The summed E-state index contributed by atoms with van der Waals surface area (Å²) in [5, 5.41) is 13.3. The Hall–Kier alpha value is -2.87. The molecule has 0 aliphatic carbocycles. The smallest absolute Gasteiger partial charge is 0.316 e. The Morgan fingerprint density at radius 3 is 2.50 bits per heavy atom. The maximum Gasteiger partial charge on any atom is 0.316 e. The number of amides is 1. The van der Waals surface area contributed by atoms with Gasteiger partial charge < -0.3 is 10.1 Å². The van der Waals surface area contributed by atoms with Crippen LogP contribution >= 0.6 is 11.8 Å². The van der Waals surface area contributed by atoms with Crippen LogP contribution in [0.1, 0.15) is 11.1 Å². The first-order valence-corrected chi connectivity index (χ1v) is 8.78. The molecular formula is C18H18N2O5S. The van der Waals surface area contributed by atoms with Gasteiger partial charge in [-0.1, -0.05) is 24.3 Å². The van der Waals surface area contributed by atoms with Crippen molar-refractivity contribution < 1.29 is 19.2 Å². The van der Waals surface area contributed by atoms with Crippen LogP contribution in [0.15, 0.2) is 53.4 Å². The van der Waals surface area contributed by atoms with E-state index in [1.54, 1.807) is 12.1 Å². The first-order chi connectivity index (χ1) is 12.5. The molecule has 2 rings (SSSR count). The second-order valence-electron chi connectivity index (χ2n) is 5.40. The maximum absolute atomic E-state index is 11.7. The zero-order valence-corrected chi connectivity index (χ0v) is 15.0. The van der Waals surface area contributed by atoms with Gasteiger partial charge in [0.05, 0.1) is 10.7 Å². The minimum absolute atomic E-state index is 0.0118. The predicted molar refractivity (Wildman–Crippen MR) is 97.8 cm³/mol. The molecule has 0 aromatic heterocycles. The lowest BCUT2D eigenvalue weighted by Crippen LogP contribution is -2.28. The standard InChI is InChI=1S/C18H18N2O5S/c1-13-4-2-3-5-14(13)10-19-17(21)11-25-18(22)12-26-16-8-6-15(7-9-16)20(23)24/h2-9H,10-12H2,1H3,(H,19,21). The van der Waals surface area contributed by atoms with Gasteiger partial charge in [-0.05, 0) is 30.2 Å². The Labute approximate surface area is 154 Å². The van der Waals surface area contributed by atoms with E-state index in [1.165, 1.54) is 23.9 Å². The maximum atomic E-state index is 11.7. The number of ether oxygens (including phenoxy) is 1. The third-order valence-electron chi connectivity index (χ3n) is 3.51. The lowest BCUT2D eigenvalue weighted by Gasteiger charge is -2.08. The fourth-order valence-electron chi connectivity index (χ4n) is 2.05. The number of hydrogen-bond acceptors (Lipinski definition) is 6. The van der Waals surface area contributed by atoms with E-state index >= 15 is 0 Å². The first-order valence-electron chi connectivity index (χ1n) is 7.80.